The van der Waals surface area contributed by atoms with E-state index in [4.69, 9.17) is 0 Å². The molecule has 0 saturated heterocycles. The van der Waals surface area contributed by atoms with Gasteiger partial charge in [-0.3, -0.25) is 4.98 Å². The molecule has 0 saturated carbocycles. The van der Waals surface area contributed by atoms with Crippen molar-refractivity contribution in [3.05, 3.63) is 42.2 Å². The lowest BCUT2D eigenvalue weighted by Gasteiger charge is -2.16. The second kappa shape index (κ2) is 8.04. The van der Waals surface area contributed by atoms with Crippen molar-refractivity contribution in [1.82, 2.24) is 10.3 Å². The minimum atomic E-state index is -4.33. The van der Waals surface area contributed by atoms with Gasteiger partial charge >= 0.3 is 6.18 Å². The fourth-order valence-electron chi connectivity index (χ4n) is 2.03. The smallest absolute Gasteiger partial charge is 0.312 e. The van der Waals surface area contributed by atoms with E-state index in [2.05, 4.69) is 16.9 Å². The van der Waals surface area contributed by atoms with Gasteiger partial charge in [-0.05, 0) is 38.4 Å². The molecule has 0 aliphatic carbocycles. The van der Waals surface area contributed by atoms with Crippen LogP contribution in [0.5, 0.6) is 0 Å². The Kier molecular flexibility index (Phi) is 6.71. The Morgan fingerprint density at radius 2 is 2.05 bits per heavy atom. The van der Waals surface area contributed by atoms with Crippen LogP contribution in [0.15, 0.2) is 31.0 Å². The van der Waals surface area contributed by atoms with Gasteiger partial charge in [0.1, 0.15) is 0 Å². The first-order valence-electron chi connectivity index (χ1n) is 6.80. The minimum Gasteiger partial charge on any atom is -0.312 e. The number of hydrogen-bond donors (Lipinski definition) is 1. The summed E-state index contributed by atoms with van der Waals surface area (Å²) in [5.41, 5.74) is -0.0497. The van der Waals surface area contributed by atoms with Crippen LogP contribution in [-0.4, -0.2) is 12.0 Å². The zero-order valence-corrected chi connectivity index (χ0v) is 11.7. The van der Waals surface area contributed by atoms with E-state index in [0.717, 1.165) is 44.4 Å². The van der Waals surface area contributed by atoms with Gasteiger partial charge in [0.25, 0.3) is 0 Å². The maximum absolute atomic E-state index is 12.5. The molecule has 1 rings (SSSR count). The van der Waals surface area contributed by atoms with Gasteiger partial charge in [-0.15, -0.1) is 6.58 Å². The number of halogens is 3. The number of unbranched alkanes of at least 4 members (excludes halogenated alkanes) is 3. The Morgan fingerprint density at radius 3 is 2.55 bits per heavy atom. The fourth-order valence-corrected chi connectivity index (χ4v) is 2.03. The molecule has 0 aliphatic heterocycles. The van der Waals surface area contributed by atoms with Crippen LogP contribution in [0.1, 0.15) is 49.4 Å². The summed E-state index contributed by atoms with van der Waals surface area (Å²) in [5, 5.41) is 3.10. The number of hydrogen-bond acceptors (Lipinski definition) is 2. The molecule has 1 aromatic rings. The summed E-state index contributed by atoms with van der Waals surface area (Å²) in [6.45, 7) is 3.67. The topological polar surface area (TPSA) is 24.9 Å². The Bertz CT molecular complexity index is 399. The fraction of sp³-hybridized carbons (Fsp3) is 0.533. The van der Waals surface area contributed by atoms with Crippen LogP contribution in [0, 0.1) is 0 Å². The number of allylic oxidation sites excluding steroid dienone is 1. The summed E-state index contributed by atoms with van der Waals surface area (Å²) >= 11 is 0. The molecule has 0 aliphatic rings. The van der Waals surface area contributed by atoms with E-state index in [1.807, 2.05) is 6.08 Å². The molecule has 0 aromatic carbocycles. The van der Waals surface area contributed by atoms with Gasteiger partial charge in [0.15, 0.2) is 0 Å². The van der Waals surface area contributed by atoms with Crippen molar-refractivity contribution >= 4 is 0 Å². The molecule has 1 atom stereocenters. The van der Waals surface area contributed by atoms with Crippen molar-refractivity contribution in [3.8, 4) is 0 Å². The molecule has 20 heavy (non-hydrogen) atoms. The molecule has 0 fully saturated rings. The molecular formula is C15H21F3N2. The van der Waals surface area contributed by atoms with E-state index < -0.39 is 11.7 Å². The van der Waals surface area contributed by atoms with Crippen LogP contribution in [0.25, 0.3) is 0 Å². The average molecular weight is 286 g/mol. The molecule has 5 heteroatoms. The van der Waals surface area contributed by atoms with Crippen LogP contribution in [0.4, 0.5) is 13.2 Å². The number of aromatic nitrogens is 1. The predicted molar refractivity (Wildman–Crippen MR) is 74.3 cm³/mol. The normalized spacial score (nSPS) is 13.2. The predicted octanol–water partition coefficient (Wildman–Crippen LogP) is 4.50. The first kappa shape index (κ1) is 16.7. The summed E-state index contributed by atoms with van der Waals surface area (Å²) in [6.07, 6.45) is 3.54. The molecule has 112 valence electrons. The maximum atomic E-state index is 12.5. The Morgan fingerprint density at radius 1 is 1.30 bits per heavy atom. The summed E-state index contributed by atoms with van der Waals surface area (Å²) in [4.78, 5) is 3.93. The highest BCUT2D eigenvalue weighted by molar-refractivity contribution is 5.18. The van der Waals surface area contributed by atoms with Crippen molar-refractivity contribution in [3.63, 3.8) is 0 Å². The zero-order chi connectivity index (χ0) is 15.0. The molecule has 1 N–H and O–H groups in total. The van der Waals surface area contributed by atoms with Crippen LogP contribution in [0.3, 0.4) is 0 Å². The minimum absolute atomic E-state index is 0.000940. The first-order valence-corrected chi connectivity index (χ1v) is 6.80. The van der Waals surface area contributed by atoms with E-state index in [-0.39, 0.29) is 6.04 Å². The number of nitrogens with one attached hydrogen (secondary N) is 1. The standard InChI is InChI=1S/C15H21F3N2/c1-3-4-5-6-7-8-13(19-2)14-10-9-12(11-20-14)15(16,17)18/h3,9-11,13,19H,1,4-8H2,2H3. The van der Waals surface area contributed by atoms with Gasteiger partial charge in [-0.2, -0.15) is 13.2 Å². The zero-order valence-electron chi connectivity index (χ0n) is 11.7. The van der Waals surface area contributed by atoms with Gasteiger partial charge in [0.05, 0.1) is 11.3 Å². The third-order valence-corrected chi connectivity index (χ3v) is 3.22. The Balaban J connectivity index is 2.54. The molecular weight excluding hydrogens is 265 g/mol. The molecule has 0 amide bonds. The molecule has 2 nitrogen and oxygen atoms in total. The lowest BCUT2D eigenvalue weighted by molar-refractivity contribution is -0.137. The third kappa shape index (κ3) is 5.33. The summed E-state index contributed by atoms with van der Waals surface area (Å²) < 4.78 is 37.4. The summed E-state index contributed by atoms with van der Waals surface area (Å²) in [6, 6.07) is 2.54. The average Bonchev–Trinajstić information content (AvgIpc) is 2.42. The quantitative estimate of drug-likeness (QED) is 0.562. The highest BCUT2D eigenvalue weighted by Crippen LogP contribution is 2.29. The number of alkyl halides is 3. The summed E-state index contributed by atoms with van der Waals surface area (Å²) in [7, 11) is 1.80. The van der Waals surface area contributed by atoms with Gasteiger partial charge in [-0.25, -0.2) is 0 Å². The van der Waals surface area contributed by atoms with E-state index in [1.54, 1.807) is 7.05 Å². The highest BCUT2D eigenvalue weighted by Gasteiger charge is 2.30. The lowest BCUT2D eigenvalue weighted by Crippen LogP contribution is -2.18. The molecule has 1 aromatic heterocycles. The van der Waals surface area contributed by atoms with E-state index in [0.29, 0.717) is 5.69 Å². The number of rotatable bonds is 8. The van der Waals surface area contributed by atoms with Crippen LogP contribution < -0.4 is 5.32 Å². The number of pyridine rings is 1. The highest BCUT2D eigenvalue weighted by atomic mass is 19.4. The third-order valence-electron chi connectivity index (χ3n) is 3.22. The monoisotopic (exact) mass is 286 g/mol. The van der Waals surface area contributed by atoms with E-state index in [1.165, 1.54) is 6.07 Å². The maximum Gasteiger partial charge on any atom is 0.417 e. The van der Waals surface area contributed by atoms with Gasteiger partial charge in [0, 0.05) is 12.2 Å². The second-order valence-corrected chi connectivity index (χ2v) is 4.74. The molecule has 0 spiro atoms. The summed E-state index contributed by atoms with van der Waals surface area (Å²) in [5.74, 6) is 0. The van der Waals surface area contributed by atoms with Crippen molar-refractivity contribution in [2.45, 2.75) is 44.3 Å². The molecule has 1 unspecified atom stereocenters. The van der Waals surface area contributed by atoms with Gasteiger partial charge in [0.2, 0.25) is 0 Å². The van der Waals surface area contributed by atoms with Crippen LogP contribution in [0.2, 0.25) is 0 Å². The van der Waals surface area contributed by atoms with Gasteiger partial charge in [-0.1, -0.05) is 18.9 Å². The van der Waals surface area contributed by atoms with Crippen molar-refractivity contribution in [2.24, 2.45) is 0 Å². The number of nitrogens with zero attached hydrogens (tertiary/aromatic N) is 1. The Hall–Kier alpha value is -1.36. The van der Waals surface area contributed by atoms with Crippen LogP contribution in [-0.2, 0) is 6.18 Å². The second-order valence-electron chi connectivity index (χ2n) is 4.74. The van der Waals surface area contributed by atoms with Crippen molar-refractivity contribution in [1.29, 1.82) is 0 Å². The van der Waals surface area contributed by atoms with Crippen LogP contribution >= 0.6 is 0 Å². The van der Waals surface area contributed by atoms with E-state index in [9.17, 15) is 13.2 Å². The van der Waals surface area contributed by atoms with Crippen molar-refractivity contribution < 1.29 is 13.2 Å². The van der Waals surface area contributed by atoms with Gasteiger partial charge < -0.3 is 5.32 Å². The lowest BCUT2D eigenvalue weighted by atomic mass is 10.0. The Labute approximate surface area is 118 Å². The van der Waals surface area contributed by atoms with Crippen molar-refractivity contribution in [2.75, 3.05) is 7.05 Å². The van der Waals surface area contributed by atoms with E-state index >= 15 is 0 Å². The largest absolute Gasteiger partial charge is 0.417 e. The molecule has 1 heterocycles. The molecule has 0 bridgehead atoms. The molecule has 0 radical (unpaired) electrons. The first-order chi connectivity index (χ1) is 9.49. The SMILES string of the molecule is C=CCCCCCC(NC)c1ccc(C(F)(F)F)cn1.